The first-order valence-electron chi connectivity index (χ1n) is 6.86. The third-order valence-corrected chi connectivity index (χ3v) is 4.65. The molecule has 6 nitrogen and oxygen atoms in total. The van der Waals surface area contributed by atoms with E-state index in [1.807, 2.05) is 0 Å². The molecule has 1 amide bonds. The minimum atomic E-state index is -1.41. The summed E-state index contributed by atoms with van der Waals surface area (Å²) in [5.74, 6) is -0.643. The number of likely N-dealkylation sites (tertiary alicyclic amines) is 1. The maximum absolute atomic E-state index is 11.8. The van der Waals surface area contributed by atoms with Crippen molar-refractivity contribution in [2.45, 2.75) is 18.6 Å². The number of halogens is 2. The summed E-state index contributed by atoms with van der Waals surface area (Å²) in [4.78, 5) is 13.3. The lowest BCUT2D eigenvalue weighted by atomic mass is 9.92. The lowest BCUT2D eigenvalue weighted by molar-refractivity contribution is -0.141. The Balaban J connectivity index is 2.11. The van der Waals surface area contributed by atoms with Crippen LogP contribution in [0, 0.1) is 5.92 Å². The summed E-state index contributed by atoms with van der Waals surface area (Å²) in [5.41, 5.74) is 6.65. The van der Waals surface area contributed by atoms with Crippen LogP contribution >= 0.6 is 23.2 Å². The molecular formula is C14H18Cl2N2O4. The van der Waals surface area contributed by atoms with Crippen molar-refractivity contribution in [2.75, 3.05) is 19.7 Å². The number of hydrogen-bond donors (Lipinski definition) is 4. The Morgan fingerprint density at radius 3 is 2.68 bits per heavy atom. The normalized spacial score (nSPS) is 21.0. The van der Waals surface area contributed by atoms with E-state index in [0.717, 1.165) is 0 Å². The van der Waals surface area contributed by atoms with Crippen molar-refractivity contribution in [3.8, 4) is 5.75 Å². The number of aliphatic hydroxyl groups excluding tert-OH is 2. The molecule has 0 bridgehead atoms. The van der Waals surface area contributed by atoms with Gasteiger partial charge >= 0.3 is 0 Å². The molecule has 0 aliphatic carbocycles. The van der Waals surface area contributed by atoms with Crippen LogP contribution in [-0.2, 0) is 4.79 Å². The van der Waals surface area contributed by atoms with Gasteiger partial charge < -0.3 is 26.0 Å². The molecule has 1 aliphatic rings. The van der Waals surface area contributed by atoms with Gasteiger partial charge in [0.2, 0.25) is 0 Å². The van der Waals surface area contributed by atoms with Gasteiger partial charge in [-0.1, -0.05) is 23.2 Å². The number of carbonyl (C=O) groups excluding carboxylic acids is 1. The molecule has 122 valence electrons. The second kappa shape index (κ2) is 7.02. The molecule has 0 spiro atoms. The standard InChI is InChI=1S/C14H18Cl2N2O4/c15-9-3-8(11(20)4-10(9)16)13(17)7-1-2-18(5-7)14(22)12(21)6-19/h3-4,7,12-13,19-21H,1-2,5-6,17H2/t7-,12+,13-/m0/s1. The van der Waals surface area contributed by atoms with Gasteiger partial charge in [0.25, 0.3) is 5.91 Å². The molecule has 5 N–H and O–H groups in total. The quantitative estimate of drug-likeness (QED) is 0.646. The highest BCUT2D eigenvalue weighted by atomic mass is 35.5. The number of aliphatic hydroxyl groups is 2. The molecule has 0 radical (unpaired) electrons. The smallest absolute Gasteiger partial charge is 0.253 e. The number of nitrogens with two attached hydrogens (primary N) is 1. The van der Waals surface area contributed by atoms with Gasteiger partial charge in [-0.2, -0.15) is 0 Å². The van der Waals surface area contributed by atoms with Crippen molar-refractivity contribution in [2.24, 2.45) is 11.7 Å². The van der Waals surface area contributed by atoms with Gasteiger partial charge in [0.1, 0.15) is 5.75 Å². The second-order valence-corrected chi connectivity index (χ2v) is 6.20. The first-order valence-corrected chi connectivity index (χ1v) is 7.62. The van der Waals surface area contributed by atoms with Crippen molar-refractivity contribution < 1.29 is 20.1 Å². The number of nitrogens with zero attached hydrogens (tertiary/aromatic N) is 1. The second-order valence-electron chi connectivity index (χ2n) is 5.38. The van der Waals surface area contributed by atoms with E-state index in [1.54, 1.807) is 0 Å². The average molecular weight is 349 g/mol. The summed E-state index contributed by atoms with van der Waals surface area (Å²) in [6.07, 6.45) is -0.779. The number of phenolic OH excluding ortho intramolecular Hbond substituents is 1. The summed E-state index contributed by atoms with van der Waals surface area (Å²) >= 11 is 11.8. The van der Waals surface area contributed by atoms with Crippen molar-refractivity contribution in [3.05, 3.63) is 27.7 Å². The van der Waals surface area contributed by atoms with Crippen molar-refractivity contribution in [1.29, 1.82) is 0 Å². The van der Waals surface area contributed by atoms with E-state index >= 15 is 0 Å². The van der Waals surface area contributed by atoms with Gasteiger partial charge in [-0.3, -0.25) is 4.79 Å². The van der Waals surface area contributed by atoms with E-state index in [1.165, 1.54) is 17.0 Å². The zero-order valence-corrected chi connectivity index (χ0v) is 13.3. The molecule has 0 saturated carbocycles. The SMILES string of the molecule is N[C@H](c1cc(Cl)c(Cl)cc1O)[C@H]1CCN(C(=O)[C@H](O)CO)C1. The van der Waals surface area contributed by atoms with Crippen LogP contribution in [0.5, 0.6) is 5.75 Å². The number of benzene rings is 1. The molecule has 2 rings (SSSR count). The van der Waals surface area contributed by atoms with Crippen LogP contribution in [0.4, 0.5) is 0 Å². The number of rotatable bonds is 4. The summed E-state index contributed by atoms with van der Waals surface area (Å²) in [7, 11) is 0. The van der Waals surface area contributed by atoms with Crippen LogP contribution in [0.25, 0.3) is 0 Å². The van der Waals surface area contributed by atoms with Crippen molar-refractivity contribution in [1.82, 2.24) is 4.90 Å². The van der Waals surface area contributed by atoms with Crippen LogP contribution in [0.1, 0.15) is 18.0 Å². The van der Waals surface area contributed by atoms with E-state index in [-0.39, 0.29) is 16.7 Å². The summed E-state index contributed by atoms with van der Waals surface area (Å²) in [6.45, 7) is 0.173. The molecule has 1 aromatic carbocycles. The molecular weight excluding hydrogens is 331 g/mol. The van der Waals surface area contributed by atoms with Gasteiger partial charge in [-0.05, 0) is 18.4 Å². The fourth-order valence-electron chi connectivity index (χ4n) is 2.64. The van der Waals surface area contributed by atoms with E-state index in [0.29, 0.717) is 30.1 Å². The molecule has 1 fully saturated rings. The Morgan fingerprint density at radius 2 is 2.05 bits per heavy atom. The van der Waals surface area contributed by atoms with Crippen LogP contribution in [0.2, 0.25) is 10.0 Å². The first kappa shape index (κ1) is 17.3. The highest BCUT2D eigenvalue weighted by molar-refractivity contribution is 6.42. The number of hydrogen-bond acceptors (Lipinski definition) is 5. The largest absolute Gasteiger partial charge is 0.508 e. The lowest BCUT2D eigenvalue weighted by Crippen LogP contribution is -2.40. The predicted octanol–water partition coefficient (Wildman–Crippen LogP) is 0.900. The molecule has 1 saturated heterocycles. The number of phenols is 1. The van der Waals surface area contributed by atoms with Gasteiger partial charge in [0, 0.05) is 30.8 Å². The van der Waals surface area contributed by atoms with Crippen LogP contribution in [0.3, 0.4) is 0 Å². The zero-order chi connectivity index (χ0) is 16.4. The number of carbonyl (C=O) groups is 1. The monoisotopic (exact) mass is 348 g/mol. The van der Waals surface area contributed by atoms with Crippen LogP contribution in [-0.4, -0.2) is 51.9 Å². The number of amides is 1. The van der Waals surface area contributed by atoms with E-state index < -0.39 is 24.7 Å². The lowest BCUT2D eigenvalue weighted by Gasteiger charge is -2.23. The Bertz CT molecular complexity index is 570. The zero-order valence-electron chi connectivity index (χ0n) is 11.7. The van der Waals surface area contributed by atoms with Gasteiger partial charge in [-0.25, -0.2) is 0 Å². The fourth-order valence-corrected chi connectivity index (χ4v) is 2.97. The summed E-state index contributed by atoms with van der Waals surface area (Å²) in [5, 5.41) is 28.7. The van der Waals surface area contributed by atoms with Gasteiger partial charge in [-0.15, -0.1) is 0 Å². The topological polar surface area (TPSA) is 107 Å². The molecule has 22 heavy (non-hydrogen) atoms. The average Bonchev–Trinajstić information content (AvgIpc) is 2.98. The highest BCUT2D eigenvalue weighted by Crippen LogP contribution is 2.37. The minimum absolute atomic E-state index is 0.0398. The van der Waals surface area contributed by atoms with Gasteiger partial charge in [0.15, 0.2) is 6.10 Å². The Hall–Kier alpha value is -1.05. The Morgan fingerprint density at radius 1 is 1.41 bits per heavy atom. The minimum Gasteiger partial charge on any atom is -0.508 e. The van der Waals surface area contributed by atoms with Gasteiger partial charge in [0.05, 0.1) is 16.7 Å². The Labute approximate surface area is 138 Å². The summed E-state index contributed by atoms with van der Waals surface area (Å²) in [6, 6.07) is 2.35. The third-order valence-electron chi connectivity index (χ3n) is 3.93. The predicted molar refractivity (Wildman–Crippen MR) is 82.8 cm³/mol. The van der Waals surface area contributed by atoms with E-state index in [2.05, 4.69) is 0 Å². The maximum Gasteiger partial charge on any atom is 0.253 e. The van der Waals surface area contributed by atoms with Crippen LogP contribution in [0.15, 0.2) is 12.1 Å². The number of aromatic hydroxyl groups is 1. The first-order chi connectivity index (χ1) is 10.3. The van der Waals surface area contributed by atoms with E-state index in [4.69, 9.17) is 34.0 Å². The van der Waals surface area contributed by atoms with Crippen LogP contribution < -0.4 is 5.73 Å². The molecule has 3 atom stereocenters. The fraction of sp³-hybridized carbons (Fsp3) is 0.500. The molecule has 1 aromatic rings. The Kier molecular flexibility index (Phi) is 5.52. The third kappa shape index (κ3) is 3.47. The molecule has 0 aromatic heterocycles. The summed E-state index contributed by atoms with van der Waals surface area (Å²) < 4.78 is 0. The van der Waals surface area contributed by atoms with E-state index in [9.17, 15) is 15.0 Å². The molecule has 0 unspecified atom stereocenters. The molecule has 1 heterocycles. The highest BCUT2D eigenvalue weighted by Gasteiger charge is 2.34. The maximum atomic E-state index is 11.8. The van der Waals surface area contributed by atoms with Crippen molar-refractivity contribution >= 4 is 29.1 Å². The molecule has 1 aliphatic heterocycles. The van der Waals surface area contributed by atoms with Crippen molar-refractivity contribution in [3.63, 3.8) is 0 Å². The molecule has 8 heteroatoms.